The molecule has 24 nitrogen and oxygen atoms in total. The van der Waals surface area contributed by atoms with E-state index in [9.17, 15) is 42.9 Å². The molecule has 0 saturated heterocycles. The van der Waals surface area contributed by atoms with E-state index in [1.165, 1.54) is 49.0 Å². The van der Waals surface area contributed by atoms with E-state index in [4.69, 9.17) is 46.5 Å². The summed E-state index contributed by atoms with van der Waals surface area (Å²) >= 11 is 13.3. The lowest BCUT2D eigenvalue weighted by atomic mass is 10.0. The summed E-state index contributed by atoms with van der Waals surface area (Å²) in [7, 11) is -4.24. The molecule has 0 spiro atoms. The highest BCUT2D eigenvalue weighted by Crippen LogP contribution is 2.61. The molecule has 2 aliphatic rings. The Morgan fingerprint density at radius 1 is 0.461 bits per heavy atom. The fourth-order valence-corrected chi connectivity index (χ4v) is 17.3. The number of nitrogens with zero attached hydrogens (tertiary/aromatic N) is 3. The quantitative estimate of drug-likeness (QED) is 0.0164. The van der Waals surface area contributed by atoms with Gasteiger partial charge < -0.3 is 33.0 Å². The van der Waals surface area contributed by atoms with Gasteiger partial charge in [-0.15, -0.1) is 9.05 Å². The fraction of sp³-hybridized carbons (Fsp3) is 0.429. The summed E-state index contributed by atoms with van der Waals surface area (Å²) in [4.78, 5) is 93.1. The molecule has 626 valence electrons. The van der Waals surface area contributed by atoms with E-state index in [1.54, 1.807) is 72.3 Å². The Balaban J connectivity index is 0.000000296. The number of ether oxygens (including phenoxy) is 3. The molecule has 0 radical (unpaired) electrons. The zero-order valence-electron chi connectivity index (χ0n) is 69.4. The van der Waals surface area contributed by atoms with Crippen LogP contribution in [0.3, 0.4) is 0 Å². The Morgan fingerprint density at radius 2 is 0.826 bits per heavy atom. The lowest BCUT2D eigenvalue weighted by Crippen LogP contribution is -2.26. The Hall–Kier alpha value is -6.68. The number of carbonyl (C=O) groups is 8. The highest BCUT2D eigenvalue weighted by Gasteiger charge is 2.48. The van der Waals surface area contributed by atoms with Crippen LogP contribution in [0.4, 0.5) is 0 Å². The monoisotopic (exact) mass is 1900 g/mol. The Kier molecular flexibility index (Phi) is 41.3. The Labute approximate surface area is 710 Å². The molecule has 0 aliphatic heterocycles. The lowest BCUT2D eigenvalue weighted by Gasteiger charge is -2.20. The first-order chi connectivity index (χ1) is 53.9. The maximum atomic E-state index is 12.4. The van der Waals surface area contributed by atoms with E-state index in [0.717, 1.165) is 60.0 Å². The molecule has 0 fully saturated rings. The average molecular weight is 1910 g/mol. The normalized spacial score (nSPS) is 12.1. The van der Waals surface area contributed by atoms with Crippen LogP contribution >= 0.6 is 87.9 Å². The molecule has 10 rings (SSSR count). The SMILES string of the molecule is Brc1ccc2c(c1)CC=C2.CC(=O)C1=CCc2cc(Br)ccc21.CC(=O)c1cn(CC(=O)OC(C)(C)C)c2cc(Br)ccc12.CC(C)(C)OC(=O)CBr.CCO[P+](=O)OCC.CCO[P+](OC)(OCC)c1ccc2c(C(C)=O)cn(CC(=O)O)c2c1.CCO[P+](OC)(OCC)c1ccc2c(C(C)=O)cn(CC(=O)OC(C)(C)C)c2c1. The summed E-state index contributed by atoms with van der Waals surface area (Å²) in [5.74, 6) is -1.97. The number of carboxylic acid groups (broad SMARTS) is 1. The summed E-state index contributed by atoms with van der Waals surface area (Å²) in [6.45, 7) is 36.0. The molecule has 31 heteroatoms. The minimum Gasteiger partial charge on any atom is -0.480 e. The van der Waals surface area contributed by atoms with Crippen LogP contribution in [0.2, 0.25) is 0 Å². The second-order valence-corrected chi connectivity index (χ2v) is 37.3. The Morgan fingerprint density at radius 3 is 1.18 bits per heavy atom. The van der Waals surface area contributed by atoms with Gasteiger partial charge in [0.15, 0.2) is 33.7 Å². The van der Waals surface area contributed by atoms with Crippen molar-refractivity contribution in [3.8, 4) is 0 Å². The van der Waals surface area contributed by atoms with Gasteiger partial charge in [0.1, 0.15) is 55.0 Å². The van der Waals surface area contributed by atoms with Crippen LogP contribution in [-0.2, 0) is 111 Å². The van der Waals surface area contributed by atoms with Crippen molar-refractivity contribution < 1.29 is 98.4 Å². The molecule has 0 bridgehead atoms. The van der Waals surface area contributed by atoms with Gasteiger partial charge in [-0.2, -0.15) is 27.1 Å². The molecular formula is C84H109Br4N3O21P3+3. The molecule has 5 aromatic carbocycles. The first kappa shape index (κ1) is 101. The average Bonchev–Trinajstić information content (AvgIpc) is 1.66. The number of hydrogen-bond donors (Lipinski definition) is 1. The van der Waals surface area contributed by atoms with Gasteiger partial charge in [0.25, 0.3) is 0 Å². The third-order valence-corrected chi connectivity index (χ3v) is 23.8. The van der Waals surface area contributed by atoms with E-state index in [2.05, 4.69) is 109 Å². The minimum absolute atomic E-state index is 0.00774. The number of halogens is 4. The van der Waals surface area contributed by atoms with Crippen molar-refractivity contribution >= 4 is 190 Å². The smallest absolute Gasteiger partial charge is 0.480 e. The summed E-state index contributed by atoms with van der Waals surface area (Å²) in [6.07, 6.45) is 13.3. The highest BCUT2D eigenvalue weighted by atomic mass is 79.9. The third kappa shape index (κ3) is 31.5. The van der Waals surface area contributed by atoms with E-state index < -0.39 is 41.3 Å². The summed E-state index contributed by atoms with van der Waals surface area (Å²) < 4.78 is 78.0. The number of fused-ring (bicyclic) bond motifs is 5. The van der Waals surface area contributed by atoms with Gasteiger partial charge in [-0.25, -0.2) is 0 Å². The number of alkyl halides is 1. The molecule has 0 amide bonds. The van der Waals surface area contributed by atoms with Crippen LogP contribution in [0.1, 0.15) is 185 Å². The van der Waals surface area contributed by atoms with E-state index >= 15 is 0 Å². The second kappa shape index (κ2) is 47.2. The third-order valence-electron chi connectivity index (χ3n) is 15.8. The molecule has 3 aromatic heterocycles. The zero-order chi connectivity index (χ0) is 86.5. The van der Waals surface area contributed by atoms with Gasteiger partial charge >= 0.3 is 48.0 Å². The largest absolute Gasteiger partial charge is 0.697 e. The van der Waals surface area contributed by atoms with Gasteiger partial charge in [0.05, 0.1) is 57.2 Å². The van der Waals surface area contributed by atoms with Gasteiger partial charge in [-0.3, -0.25) is 38.4 Å². The number of esters is 3. The van der Waals surface area contributed by atoms with Crippen molar-refractivity contribution in [3.05, 3.63) is 174 Å². The maximum Gasteiger partial charge on any atom is 0.697 e. The van der Waals surface area contributed by atoms with Crippen molar-refractivity contribution in [1.29, 1.82) is 0 Å². The van der Waals surface area contributed by atoms with Gasteiger partial charge in [0.2, 0.25) is 0 Å². The number of aromatic nitrogens is 3. The number of aliphatic carboxylic acids is 1. The number of carboxylic acids is 1. The predicted octanol–water partition coefficient (Wildman–Crippen LogP) is 20.7. The summed E-state index contributed by atoms with van der Waals surface area (Å²) in [5.41, 5.74) is 8.34. The van der Waals surface area contributed by atoms with Crippen LogP contribution in [-0.4, -0.2) is 142 Å². The molecule has 0 atom stereocenters. The number of carbonyl (C=O) groups excluding carboxylic acids is 7. The van der Waals surface area contributed by atoms with Crippen LogP contribution in [0.15, 0.2) is 135 Å². The van der Waals surface area contributed by atoms with Crippen LogP contribution in [0.25, 0.3) is 44.4 Å². The van der Waals surface area contributed by atoms with Crippen molar-refractivity contribution in [3.63, 3.8) is 0 Å². The number of ketones is 4. The first-order valence-electron chi connectivity index (χ1n) is 37.1. The fourth-order valence-electron chi connectivity index (χ4n) is 11.5. The van der Waals surface area contributed by atoms with E-state index in [-0.39, 0.29) is 71.6 Å². The van der Waals surface area contributed by atoms with Gasteiger partial charge in [-0.05, 0) is 227 Å². The molecule has 115 heavy (non-hydrogen) atoms. The standard InChI is InChI=1S/C21H31NO6P.C17H22NO6P.C16H18BrNO3.C11H9BrO.C9H7Br.C6H11BrO2.C4H10O3P/c1-8-26-29(25-7,27-9-2)16-10-11-17-18(15(3)23)13-22(19(17)12-16)14-20(24)28-21(4,5)6;1-5-23-25(22-4,24-6-2)13-7-8-14-15(12(3)19)10-18(11-17(20)21)16(14)9-13;1-10(19)13-8-18(9-15(20)21-16(2,3)4)14-7-11(17)5-6-12(13)14;1-7(13)10-4-2-8-6-9(12)3-5-11(8)10;10-9-5-4-7-2-1-3-8(7)6-9;1-6(2,3)9-5(8)4-7;1-3-6-8(5)7-4-2/h10-13H,8-9,14H2,1-7H3;7-10H,5-6,11H2,1-4H3;5-8H,9H2,1-4H3;3-6H,2H2,1H3;1-2,4-6H,3H2;4H2,1-3H3;3-4H2,1-2H3/q+1;;;;;;+1/p+1. The molecular weight excluding hydrogens is 1800 g/mol. The summed E-state index contributed by atoms with van der Waals surface area (Å²) in [5, 5.41) is 13.2. The molecule has 2 aliphatic carbocycles. The number of benzene rings is 5. The number of allylic oxidation sites excluding steroid dienone is 3. The topological polar surface area (TPSA) is 290 Å². The lowest BCUT2D eigenvalue weighted by molar-refractivity contribution is -0.156. The van der Waals surface area contributed by atoms with Crippen molar-refractivity contribution in [2.75, 3.05) is 59.2 Å². The molecule has 3 heterocycles. The van der Waals surface area contributed by atoms with Crippen molar-refractivity contribution in [2.24, 2.45) is 0 Å². The first-order valence-corrected chi connectivity index (χ1v) is 44.8. The zero-order valence-corrected chi connectivity index (χ0v) is 78.4. The predicted molar refractivity (Wildman–Crippen MR) is 470 cm³/mol. The summed E-state index contributed by atoms with van der Waals surface area (Å²) in [6, 6.07) is 29.0. The van der Waals surface area contributed by atoms with E-state index in [1.807, 2.05) is 151 Å². The van der Waals surface area contributed by atoms with Crippen LogP contribution in [0.5, 0.6) is 0 Å². The van der Waals surface area contributed by atoms with Crippen molar-refractivity contribution in [1.82, 2.24) is 13.7 Å². The van der Waals surface area contributed by atoms with Gasteiger partial charge in [-0.1, -0.05) is 100 Å². The maximum absolute atomic E-state index is 12.4. The molecule has 1 N–H and O–H groups in total. The Bertz CT molecular complexity index is 4750. The number of rotatable bonds is 27. The highest BCUT2D eigenvalue weighted by molar-refractivity contribution is 9.11. The van der Waals surface area contributed by atoms with E-state index in [0.29, 0.717) is 72.5 Å². The van der Waals surface area contributed by atoms with Crippen molar-refractivity contribution in [2.45, 2.75) is 181 Å². The number of Topliss-reactive ketones (excluding diaryl/α,β-unsaturated/α-hetero) is 4. The van der Waals surface area contributed by atoms with Crippen LogP contribution in [0, 0.1) is 0 Å². The second-order valence-electron chi connectivity index (χ2n) is 28.3. The molecule has 0 saturated carbocycles. The van der Waals surface area contributed by atoms with Gasteiger partial charge in [0, 0.05) is 87.1 Å². The number of hydrogen-bond acceptors (Lipinski definition) is 20. The molecule has 8 aromatic rings. The van der Waals surface area contributed by atoms with Crippen LogP contribution < -0.4 is 10.6 Å². The molecule has 0 unspecified atom stereocenters. The minimum atomic E-state index is -2.75.